The highest BCUT2D eigenvalue weighted by Gasteiger charge is 2.27. The summed E-state index contributed by atoms with van der Waals surface area (Å²) in [4.78, 5) is 8.89. The van der Waals surface area contributed by atoms with Crippen molar-refractivity contribution in [3.8, 4) is 0 Å². The lowest BCUT2D eigenvalue weighted by molar-refractivity contribution is 0.0299. The van der Waals surface area contributed by atoms with Gasteiger partial charge < -0.3 is 15.4 Å². The van der Waals surface area contributed by atoms with E-state index in [9.17, 15) is 0 Å². The van der Waals surface area contributed by atoms with E-state index in [-0.39, 0.29) is 0 Å². The van der Waals surface area contributed by atoms with Gasteiger partial charge in [0.2, 0.25) is 0 Å². The molecule has 0 aliphatic carbocycles. The van der Waals surface area contributed by atoms with Gasteiger partial charge >= 0.3 is 0 Å². The lowest BCUT2D eigenvalue weighted by Crippen LogP contribution is -2.33. The molecule has 106 valence electrons. The van der Waals surface area contributed by atoms with Gasteiger partial charge in [-0.2, -0.15) is 0 Å². The molecule has 1 saturated heterocycles. The van der Waals surface area contributed by atoms with Crippen LogP contribution in [0.25, 0.3) is 0 Å². The molecule has 0 amide bonds. The Bertz CT molecular complexity index is 441. The van der Waals surface area contributed by atoms with E-state index in [0.717, 1.165) is 55.6 Å². The van der Waals surface area contributed by atoms with Crippen LogP contribution in [0.15, 0.2) is 0 Å². The fourth-order valence-electron chi connectivity index (χ4n) is 2.38. The summed E-state index contributed by atoms with van der Waals surface area (Å²) in [5.74, 6) is 2.62. The summed E-state index contributed by atoms with van der Waals surface area (Å²) in [6.07, 6.45) is 2.20. The van der Waals surface area contributed by atoms with E-state index in [0.29, 0.717) is 5.41 Å². The molecule has 0 spiro atoms. The van der Waals surface area contributed by atoms with Crippen LogP contribution in [-0.2, 0) is 4.74 Å². The molecule has 0 radical (unpaired) electrons. The second-order valence-electron chi connectivity index (χ2n) is 5.62. The third-order valence-corrected chi connectivity index (χ3v) is 3.88. The van der Waals surface area contributed by atoms with Gasteiger partial charge in [0.25, 0.3) is 0 Å². The number of hydrogen-bond acceptors (Lipinski definition) is 5. The van der Waals surface area contributed by atoms with E-state index < -0.39 is 0 Å². The summed E-state index contributed by atoms with van der Waals surface area (Å²) >= 11 is 0. The molecule has 1 aliphatic heterocycles. The quantitative estimate of drug-likeness (QED) is 0.874. The Morgan fingerprint density at radius 2 is 1.79 bits per heavy atom. The molecule has 0 atom stereocenters. The highest BCUT2D eigenvalue weighted by molar-refractivity contribution is 5.56. The molecule has 2 N–H and O–H groups in total. The zero-order valence-electron chi connectivity index (χ0n) is 12.3. The van der Waals surface area contributed by atoms with Crippen LogP contribution in [0, 0.1) is 19.3 Å². The summed E-state index contributed by atoms with van der Waals surface area (Å²) in [6.45, 7) is 8.92. The Morgan fingerprint density at radius 1 is 1.16 bits per heavy atom. The average molecular weight is 264 g/mol. The number of aryl methyl sites for hydroxylation is 1. The SMILES string of the molecule is CNc1nc(C)nc(NCC2(C)CCOCC2)c1C. The summed E-state index contributed by atoms with van der Waals surface area (Å²) < 4.78 is 5.43. The van der Waals surface area contributed by atoms with E-state index in [1.807, 2.05) is 20.9 Å². The van der Waals surface area contributed by atoms with E-state index >= 15 is 0 Å². The third kappa shape index (κ3) is 3.35. The zero-order valence-corrected chi connectivity index (χ0v) is 12.3. The Kier molecular flexibility index (Phi) is 4.24. The topological polar surface area (TPSA) is 59.1 Å². The van der Waals surface area contributed by atoms with Crippen molar-refractivity contribution in [3.63, 3.8) is 0 Å². The molecule has 1 fully saturated rings. The van der Waals surface area contributed by atoms with Crippen molar-refractivity contribution in [2.24, 2.45) is 5.41 Å². The van der Waals surface area contributed by atoms with Crippen LogP contribution in [0.1, 0.15) is 31.2 Å². The van der Waals surface area contributed by atoms with Gasteiger partial charge in [-0.15, -0.1) is 0 Å². The number of rotatable bonds is 4. The standard InChI is InChI=1S/C14H24N4O/c1-10-12(15-4)17-11(2)18-13(10)16-9-14(3)5-7-19-8-6-14/h5-9H2,1-4H3,(H2,15,16,17,18). The Morgan fingerprint density at radius 3 is 2.42 bits per heavy atom. The minimum atomic E-state index is 0.295. The molecule has 19 heavy (non-hydrogen) atoms. The third-order valence-electron chi connectivity index (χ3n) is 3.88. The van der Waals surface area contributed by atoms with E-state index in [1.54, 1.807) is 0 Å². The lowest BCUT2D eigenvalue weighted by atomic mass is 9.82. The zero-order chi connectivity index (χ0) is 13.9. The Balaban J connectivity index is 2.08. The molecule has 5 heteroatoms. The number of hydrogen-bond donors (Lipinski definition) is 2. The first kappa shape index (κ1) is 14.1. The first-order chi connectivity index (χ1) is 9.04. The second kappa shape index (κ2) is 5.74. The summed E-state index contributed by atoms with van der Waals surface area (Å²) in [7, 11) is 1.89. The van der Waals surface area contributed by atoms with Gasteiger partial charge in [0.1, 0.15) is 17.5 Å². The molecule has 1 aromatic rings. The molecule has 2 rings (SSSR count). The van der Waals surface area contributed by atoms with Gasteiger partial charge in [0, 0.05) is 32.4 Å². The minimum Gasteiger partial charge on any atom is -0.381 e. The number of anilines is 2. The van der Waals surface area contributed by atoms with Crippen LogP contribution in [0.5, 0.6) is 0 Å². The Hall–Kier alpha value is -1.36. The van der Waals surface area contributed by atoms with Crippen molar-refractivity contribution < 1.29 is 4.74 Å². The fraction of sp³-hybridized carbons (Fsp3) is 0.714. The van der Waals surface area contributed by atoms with Gasteiger partial charge in [-0.25, -0.2) is 9.97 Å². The van der Waals surface area contributed by atoms with E-state index in [2.05, 4.69) is 27.5 Å². The van der Waals surface area contributed by atoms with Crippen LogP contribution in [0.3, 0.4) is 0 Å². The van der Waals surface area contributed by atoms with Crippen molar-refractivity contribution in [2.75, 3.05) is 37.4 Å². The smallest absolute Gasteiger partial charge is 0.134 e. The van der Waals surface area contributed by atoms with Gasteiger partial charge in [0.05, 0.1) is 0 Å². The van der Waals surface area contributed by atoms with E-state index in [4.69, 9.17) is 4.74 Å². The molecular formula is C14H24N4O. The summed E-state index contributed by atoms with van der Waals surface area (Å²) in [5, 5.41) is 6.60. The Labute approximate surface area is 115 Å². The number of nitrogens with zero attached hydrogens (tertiary/aromatic N) is 2. The highest BCUT2D eigenvalue weighted by atomic mass is 16.5. The summed E-state index contributed by atoms with van der Waals surface area (Å²) in [6, 6.07) is 0. The van der Waals surface area contributed by atoms with Crippen LogP contribution >= 0.6 is 0 Å². The fourth-order valence-corrected chi connectivity index (χ4v) is 2.38. The molecule has 0 bridgehead atoms. The molecule has 0 unspecified atom stereocenters. The first-order valence-electron chi connectivity index (χ1n) is 6.89. The maximum Gasteiger partial charge on any atom is 0.134 e. The average Bonchev–Trinajstić information content (AvgIpc) is 2.40. The van der Waals surface area contributed by atoms with Crippen molar-refractivity contribution in [2.45, 2.75) is 33.6 Å². The lowest BCUT2D eigenvalue weighted by Gasteiger charge is -2.34. The maximum atomic E-state index is 5.43. The number of nitrogens with one attached hydrogen (secondary N) is 2. The molecule has 1 aliphatic rings. The van der Waals surface area contributed by atoms with Crippen molar-refractivity contribution in [3.05, 3.63) is 11.4 Å². The van der Waals surface area contributed by atoms with Crippen LogP contribution in [0.2, 0.25) is 0 Å². The van der Waals surface area contributed by atoms with Gasteiger partial charge in [-0.05, 0) is 32.1 Å². The van der Waals surface area contributed by atoms with Crippen molar-refractivity contribution >= 4 is 11.6 Å². The molecule has 2 heterocycles. The van der Waals surface area contributed by atoms with Crippen molar-refractivity contribution in [1.82, 2.24) is 9.97 Å². The normalized spacial score (nSPS) is 18.1. The van der Waals surface area contributed by atoms with Gasteiger partial charge in [0.15, 0.2) is 0 Å². The molecule has 5 nitrogen and oxygen atoms in total. The summed E-state index contributed by atoms with van der Waals surface area (Å²) in [5.41, 5.74) is 1.37. The predicted molar refractivity (Wildman–Crippen MR) is 77.7 cm³/mol. The second-order valence-corrected chi connectivity index (χ2v) is 5.62. The largest absolute Gasteiger partial charge is 0.381 e. The van der Waals surface area contributed by atoms with E-state index in [1.165, 1.54) is 0 Å². The molecule has 1 aromatic heterocycles. The van der Waals surface area contributed by atoms with Crippen LogP contribution in [-0.4, -0.2) is 36.8 Å². The number of ether oxygens (including phenoxy) is 1. The molecule has 0 saturated carbocycles. The highest BCUT2D eigenvalue weighted by Crippen LogP contribution is 2.30. The number of aromatic nitrogens is 2. The van der Waals surface area contributed by atoms with Gasteiger partial charge in [-0.1, -0.05) is 6.92 Å². The van der Waals surface area contributed by atoms with Gasteiger partial charge in [-0.3, -0.25) is 0 Å². The van der Waals surface area contributed by atoms with Crippen LogP contribution in [0.4, 0.5) is 11.6 Å². The van der Waals surface area contributed by atoms with Crippen LogP contribution < -0.4 is 10.6 Å². The molecule has 0 aromatic carbocycles. The minimum absolute atomic E-state index is 0.295. The monoisotopic (exact) mass is 264 g/mol. The maximum absolute atomic E-state index is 5.43. The predicted octanol–water partition coefficient (Wildman–Crippen LogP) is 2.36. The first-order valence-corrected chi connectivity index (χ1v) is 6.89. The van der Waals surface area contributed by atoms with Crippen molar-refractivity contribution in [1.29, 1.82) is 0 Å². The molecular weight excluding hydrogens is 240 g/mol.